The van der Waals surface area contributed by atoms with Gasteiger partial charge in [-0.1, -0.05) is 26.2 Å². The van der Waals surface area contributed by atoms with Crippen LogP contribution >= 0.6 is 0 Å². The molecule has 2 nitrogen and oxygen atoms in total. The fourth-order valence-corrected chi connectivity index (χ4v) is 3.95. The largest absolute Gasteiger partial charge is 0.228 e. The Hall–Kier alpha value is -0.0500. The standard InChI is InChI=1S/C12H24O2S/c1-4-12(2,3)15(13,14)10-11-8-6-5-7-9-11/h11H,4-10H2,1-3H3. The molecule has 1 aliphatic rings. The zero-order valence-electron chi connectivity index (χ0n) is 10.3. The van der Waals surface area contributed by atoms with Crippen molar-refractivity contribution < 1.29 is 8.42 Å². The smallest absolute Gasteiger partial charge is 0.155 e. The molecule has 0 aromatic rings. The summed E-state index contributed by atoms with van der Waals surface area (Å²) in [5.74, 6) is 0.836. The molecule has 15 heavy (non-hydrogen) atoms. The summed E-state index contributed by atoms with van der Waals surface area (Å²) in [6, 6.07) is 0. The summed E-state index contributed by atoms with van der Waals surface area (Å²) in [5.41, 5.74) is 0. The maximum Gasteiger partial charge on any atom is 0.155 e. The van der Waals surface area contributed by atoms with Gasteiger partial charge in [0.15, 0.2) is 9.84 Å². The Bertz CT molecular complexity index is 285. The van der Waals surface area contributed by atoms with E-state index >= 15 is 0 Å². The molecular weight excluding hydrogens is 208 g/mol. The van der Waals surface area contributed by atoms with Gasteiger partial charge < -0.3 is 0 Å². The first-order valence-corrected chi connectivity index (χ1v) is 7.76. The van der Waals surface area contributed by atoms with Gasteiger partial charge in [-0.3, -0.25) is 0 Å². The van der Waals surface area contributed by atoms with Crippen molar-refractivity contribution in [3.05, 3.63) is 0 Å². The molecule has 1 aliphatic carbocycles. The molecule has 0 amide bonds. The SMILES string of the molecule is CCC(C)(C)S(=O)(=O)CC1CCCCC1. The molecule has 3 heteroatoms. The third kappa shape index (κ3) is 3.20. The molecule has 0 aromatic carbocycles. The van der Waals surface area contributed by atoms with Crippen LogP contribution < -0.4 is 0 Å². The molecule has 0 radical (unpaired) electrons. The lowest BCUT2D eigenvalue weighted by Gasteiger charge is -2.28. The first kappa shape index (κ1) is 13.0. The number of rotatable bonds is 4. The van der Waals surface area contributed by atoms with E-state index in [-0.39, 0.29) is 0 Å². The molecule has 0 aromatic heterocycles. The highest BCUT2D eigenvalue weighted by Crippen LogP contribution is 2.29. The van der Waals surface area contributed by atoms with Crippen LogP contribution in [0.3, 0.4) is 0 Å². The van der Waals surface area contributed by atoms with E-state index in [9.17, 15) is 8.42 Å². The van der Waals surface area contributed by atoms with Crippen LogP contribution in [0, 0.1) is 5.92 Å². The Morgan fingerprint density at radius 3 is 2.13 bits per heavy atom. The van der Waals surface area contributed by atoms with Crippen molar-refractivity contribution >= 4 is 9.84 Å². The summed E-state index contributed by atoms with van der Waals surface area (Å²) in [6.45, 7) is 5.66. The highest BCUT2D eigenvalue weighted by Gasteiger charge is 2.34. The van der Waals surface area contributed by atoms with E-state index in [1.54, 1.807) is 0 Å². The highest BCUT2D eigenvalue weighted by atomic mass is 32.2. The topological polar surface area (TPSA) is 34.1 Å². The average molecular weight is 232 g/mol. The second-order valence-corrected chi connectivity index (χ2v) is 8.07. The number of sulfone groups is 1. The summed E-state index contributed by atoms with van der Waals surface area (Å²) in [7, 11) is -2.91. The zero-order chi connectivity index (χ0) is 11.5. The fraction of sp³-hybridized carbons (Fsp3) is 1.00. The first-order chi connectivity index (χ1) is 6.89. The van der Waals surface area contributed by atoms with Crippen LogP contribution in [0.2, 0.25) is 0 Å². The molecular formula is C12H24O2S. The monoisotopic (exact) mass is 232 g/mol. The second kappa shape index (κ2) is 4.86. The lowest BCUT2D eigenvalue weighted by atomic mass is 9.91. The molecule has 0 atom stereocenters. The Balaban J connectivity index is 2.63. The van der Waals surface area contributed by atoms with E-state index in [4.69, 9.17) is 0 Å². The van der Waals surface area contributed by atoms with Crippen molar-refractivity contribution in [1.29, 1.82) is 0 Å². The van der Waals surface area contributed by atoms with E-state index in [1.165, 1.54) is 19.3 Å². The van der Waals surface area contributed by atoms with Gasteiger partial charge in [0.2, 0.25) is 0 Å². The molecule has 0 saturated heterocycles. The zero-order valence-corrected chi connectivity index (χ0v) is 11.1. The Morgan fingerprint density at radius 1 is 1.13 bits per heavy atom. The van der Waals surface area contributed by atoms with E-state index in [0.29, 0.717) is 18.1 Å². The minimum Gasteiger partial charge on any atom is -0.228 e. The lowest BCUT2D eigenvalue weighted by Crippen LogP contribution is -2.36. The summed E-state index contributed by atoms with van der Waals surface area (Å²) < 4.78 is 23.8. The van der Waals surface area contributed by atoms with Crippen LogP contribution in [0.1, 0.15) is 59.3 Å². The van der Waals surface area contributed by atoms with Crippen LogP contribution in [0.4, 0.5) is 0 Å². The molecule has 0 unspecified atom stereocenters. The third-order valence-corrected chi connectivity index (χ3v) is 6.76. The summed E-state index contributed by atoms with van der Waals surface area (Å²) in [6.07, 6.45) is 6.65. The van der Waals surface area contributed by atoms with Crippen LogP contribution in [-0.4, -0.2) is 18.9 Å². The molecule has 0 spiro atoms. The number of hydrogen-bond acceptors (Lipinski definition) is 2. The Labute approximate surface area is 94.4 Å². The number of hydrogen-bond donors (Lipinski definition) is 0. The maximum atomic E-state index is 12.2. The van der Waals surface area contributed by atoms with E-state index in [1.807, 2.05) is 20.8 Å². The fourth-order valence-electron chi connectivity index (χ4n) is 2.11. The second-order valence-electron chi connectivity index (χ2n) is 5.40. The van der Waals surface area contributed by atoms with Crippen molar-refractivity contribution in [3.8, 4) is 0 Å². The molecule has 1 fully saturated rings. The summed E-state index contributed by atoms with van der Waals surface area (Å²) in [5, 5.41) is 0. The predicted molar refractivity (Wildman–Crippen MR) is 64.7 cm³/mol. The molecule has 1 saturated carbocycles. The minimum atomic E-state index is -2.91. The van der Waals surface area contributed by atoms with Crippen LogP contribution in [-0.2, 0) is 9.84 Å². The molecule has 1 rings (SSSR count). The maximum absolute atomic E-state index is 12.2. The molecule has 0 heterocycles. The van der Waals surface area contributed by atoms with E-state index in [0.717, 1.165) is 12.8 Å². The van der Waals surface area contributed by atoms with Gasteiger partial charge in [-0.15, -0.1) is 0 Å². The van der Waals surface area contributed by atoms with Crippen LogP contribution in [0.25, 0.3) is 0 Å². The summed E-state index contributed by atoms with van der Waals surface area (Å²) in [4.78, 5) is 0. The van der Waals surface area contributed by atoms with Crippen molar-refractivity contribution in [2.45, 2.75) is 64.0 Å². The Morgan fingerprint density at radius 2 is 1.67 bits per heavy atom. The first-order valence-electron chi connectivity index (χ1n) is 6.11. The summed E-state index contributed by atoms with van der Waals surface area (Å²) >= 11 is 0. The van der Waals surface area contributed by atoms with Crippen LogP contribution in [0.5, 0.6) is 0 Å². The van der Waals surface area contributed by atoms with E-state index in [2.05, 4.69) is 0 Å². The predicted octanol–water partition coefficient (Wildman–Crippen LogP) is 3.17. The van der Waals surface area contributed by atoms with Gasteiger partial charge >= 0.3 is 0 Å². The highest BCUT2D eigenvalue weighted by molar-refractivity contribution is 7.92. The average Bonchev–Trinajstić information content (AvgIpc) is 2.18. The van der Waals surface area contributed by atoms with E-state index < -0.39 is 14.6 Å². The van der Waals surface area contributed by atoms with Gasteiger partial charge in [-0.2, -0.15) is 0 Å². The molecule has 0 bridgehead atoms. The normalized spacial score (nSPS) is 20.5. The lowest BCUT2D eigenvalue weighted by molar-refractivity contribution is 0.381. The van der Waals surface area contributed by atoms with Gasteiger partial charge in [0.05, 0.1) is 10.5 Å². The van der Waals surface area contributed by atoms with Crippen molar-refractivity contribution in [1.82, 2.24) is 0 Å². The van der Waals surface area contributed by atoms with Gasteiger partial charge in [-0.05, 0) is 39.0 Å². The van der Waals surface area contributed by atoms with Crippen molar-refractivity contribution in [2.24, 2.45) is 5.92 Å². The molecule has 0 N–H and O–H groups in total. The molecule has 90 valence electrons. The quantitative estimate of drug-likeness (QED) is 0.746. The molecule has 0 aliphatic heterocycles. The third-order valence-electron chi connectivity index (χ3n) is 3.87. The van der Waals surface area contributed by atoms with Crippen molar-refractivity contribution in [3.63, 3.8) is 0 Å². The van der Waals surface area contributed by atoms with Crippen molar-refractivity contribution in [2.75, 3.05) is 5.75 Å². The Kier molecular flexibility index (Phi) is 4.21. The van der Waals surface area contributed by atoms with Gasteiger partial charge in [0.1, 0.15) is 0 Å². The minimum absolute atomic E-state index is 0.411. The van der Waals surface area contributed by atoms with Gasteiger partial charge in [0.25, 0.3) is 0 Å². The van der Waals surface area contributed by atoms with Crippen LogP contribution in [0.15, 0.2) is 0 Å². The van der Waals surface area contributed by atoms with Gasteiger partial charge in [-0.25, -0.2) is 8.42 Å². The van der Waals surface area contributed by atoms with Gasteiger partial charge in [0, 0.05) is 0 Å².